The molecule has 42 heavy (non-hydrogen) atoms. The summed E-state index contributed by atoms with van der Waals surface area (Å²) >= 11 is 0. The van der Waals surface area contributed by atoms with Gasteiger partial charge in [-0.15, -0.1) is 0 Å². The van der Waals surface area contributed by atoms with Crippen LogP contribution < -0.4 is 14.5 Å². The molecule has 0 aromatic heterocycles. The highest BCUT2D eigenvalue weighted by molar-refractivity contribution is 7.90. The van der Waals surface area contributed by atoms with Gasteiger partial charge in [-0.05, 0) is 54.0 Å². The maximum atomic E-state index is 13.5. The molecule has 9 nitrogen and oxygen atoms in total. The Kier molecular flexibility index (Phi) is 8.84. The number of rotatable bonds is 8. The Morgan fingerprint density at radius 3 is 2.33 bits per heavy atom. The second-order valence-corrected chi connectivity index (χ2v) is 11.2. The topological polar surface area (TPSA) is 108 Å². The van der Waals surface area contributed by atoms with Crippen LogP contribution in [0.5, 0.6) is 0 Å². The number of hydrogen-bond acceptors (Lipinski definition) is 6. The van der Waals surface area contributed by atoms with Crippen LogP contribution in [-0.2, 0) is 31.0 Å². The van der Waals surface area contributed by atoms with Crippen LogP contribution in [0.4, 0.5) is 11.4 Å². The molecule has 1 heterocycles. The Morgan fingerprint density at radius 1 is 1.00 bits per heavy atom. The van der Waals surface area contributed by atoms with Gasteiger partial charge in [0, 0.05) is 31.8 Å². The van der Waals surface area contributed by atoms with E-state index < -0.39 is 27.7 Å². The van der Waals surface area contributed by atoms with Crippen LogP contribution in [0.2, 0.25) is 0 Å². The van der Waals surface area contributed by atoms with E-state index in [0.29, 0.717) is 0 Å². The molecule has 1 aliphatic rings. The molecule has 3 amide bonds. The SMILES string of the molecule is [C-]#[N+]C1=C(C)/C(=C/C=Cc2ccc(N(C)Cc3ccccc3)cc2)C(=O)N(c2cccc(S(=O)(=O)NC(C)=O)c2)C1=O. The van der Waals surface area contributed by atoms with Gasteiger partial charge in [-0.3, -0.25) is 19.3 Å². The molecular formula is C32H28N4O5S. The summed E-state index contributed by atoms with van der Waals surface area (Å²) in [4.78, 5) is 43.9. The molecule has 3 aromatic carbocycles. The first-order valence-corrected chi connectivity index (χ1v) is 14.3. The molecule has 0 atom stereocenters. The zero-order valence-electron chi connectivity index (χ0n) is 23.2. The molecule has 0 fully saturated rings. The first kappa shape index (κ1) is 29.7. The number of allylic oxidation sites excluding steroid dienone is 2. The summed E-state index contributed by atoms with van der Waals surface area (Å²) in [6, 6.07) is 23.1. The van der Waals surface area contributed by atoms with Gasteiger partial charge in [0.2, 0.25) is 5.91 Å². The number of imide groups is 1. The van der Waals surface area contributed by atoms with Gasteiger partial charge in [0.05, 0.1) is 17.2 Å². The van der Waals surface area contributed by atoms with Crippen LogP contribution in [0.15, 0.2) is 113 Å². The Bertz CT molecular complexity index is 1780. The van der Waals surface area contributed by atoms with Crippen molar-refractivity contribution in [3.05, 3.63) is 130 Å². The highest BCUT2D eigenvalue weighted by Gasteiger charge is 2.37. The molecule has 3 aromatic rings. The molecule has 0 saturated heterocycles. The summed E-state index contributed by atoms with van der Waals surface area (Å²) in [5, 5.41) is 0. The van der Waals surface area contributed by atoms with Crippen molar-refractivity contribution in [3.63, 3.8) is 0 Å². The van der Waals surface area contributed by atoms with Gasteiger partial charge in [-0.2, -0.15) is 0 Å². The third kappa shape index (κ3) is 6.54. The third-order valence-corrected chi connectivity index (χ3v) is 7.95. The maximum absolute atomic E-state index is 13.5. The Balaban J connectivity index is 1.59. The van der Waals surface area contributed by atoms with E-state index in [-0.39, 0.29) is 27.4 Å². The van der Waals surface area contributed by atoms with Crippen molar-refractivity contribution in [2.45, 2.75) is 25.3 Å². The molecule has 4 rings (SSSR count). The number of carbonyl (C=O) groups excluding carboxylic acids is 3. The van der Waals surface area contributed by atoms with E-state index in [4.69, 9.17) is 6.57 Å². The first-order valence-electron chi connectivity index (χ1n) is 12.9. The fraction of sp³-hybridized carbons (Fsp3) is 0.125. The van der Waals surface area contributed by atoms with E-state index in [1.54, 1.807) is 12.2 Å². The van der Waals surface area contributed by atoms with Crippen LogP contribution in [-0.4, -0.2) is 33.2 Å². The number of amides is 3. The summed E-state index contributed by atoms with van der Waals surface area (Å²) in [6.07, 6.45) is 4.98. The second kappa shape index (κ2) is 12.5. The lowest BCUT2D eigenvalue weighted by Crippen LogP contribution is -2.42. The molecular weight excluding hydrogens is 552 g/mol. The standard InChI is InChI=1S/C32H28N4O5S/c1-22-29(15-8-12-24-16-18-26(19-17-24)35(4)21-25-10-6-5-7-11-25)31(38)36(32(39)30(22)33-3)27-13-9-14-28(20-27)42(40,41)34-23(2)37/h5-20H,21H2,1-2,4H3,(H,34,37)/b12-8?,29-15-. The summed E-state index contributed by atoms with van der Waals surface area (Å²) in [5.41, 5.74) is 3.15. The summed E-state index contributed by atoms with van der Waals surface area (Å²) in [7, 11) is -2.21. The van der Waals surface area contributed by atoms with E-state index in [9.17, 15) is 22.8 Å². The molecule has 0 unspecified atom stereocenters. The van der Waals surface area contributed by atoms with E-state index in [1.807, 2.05) is 54.2 Å². The zero-order chi connectivity index (χ0) is 30.4. The maximum Gasteiger partial charge on any atom is 0.264 e. The lowest BCUT2D eigenvalue weighted by molar-refractivity contribution is -0.123. The number of hydrogen-bond donors (Lipinski definition) is 1. The van der Waals surface area contributed by atoms with Crippen molar-refractivity contribution in [1.29, 1.82) is 0 Å². The van der Waals surface area contributed by atoms with Crippen LogP contribution in [0.1, 0.15) is 25.0 Å². The van der Waals surface area contributed by atoms with E-state index in [0.717, 1.165) is 35.7 Å². The van der Waals surface area contributed by atoms with Gasteiger partial charge in [0.25, 0.3) is 27.5 Å². The van der Waals surface area contributed by atoms with Crippen molar-refractivity contribution < 1.29 is 22.8 Å². The monoisotopic (exact) mass is 580 g/mol. The highest BCUT2D eigenvalue weighted by atomic mass is 32.2. The van der Waals surface area contributed by atoms with Gasteiger partial charge in [0.1, 0.15) is 0 Å². The molecule has 212 valence electrons. The minimum atomic E-state index is -4.22. The molecule has 0 aliphatic carbocycles. The minimum absolute atomic E-state index is 0.0461. The highest BCUT2D eigenvalue weighted by Crippen LogP contribution is 2.31. The molecule has 0 spiro atoms. The van der Waals surface area contributed by atoms with E-state index in [1.165, 1.54) is 36.8 Å². The predicted octanol–water partition coefficient (Wildman–Crippen LogP) is 4.85. The summed E-state index contributed by atoms with van der Waals surface area (Å²) < 4.78 is 26.8. The normalized spacial score (nSPS) is 14.8. The Morgan fingerprint density at radius 2 is 1.69 bits per heavy atom. The van der Waals surface area contributed by atoms with Gasteiger partial charge in [0.15, 0.2) is 0 Å². The predicted molar refractivity (Wildman–Crippen MR) is 161 cm³/mol. The fourth-order valence-corrected chi connectivity index (χ4v) is 5.44. The average Bonchev–Trinajstić information content (AvgIpc) is 2.95. The number of benzene rings is 3. The largest absolute Gasteiger partial charge is 0.370 e. The average molecular weight is 581 g/mol. The van der Waals surface area contributed by atoms with Crippen molar-refractivity contribution >= 4 is 45.2 Å². The van der Waals surface area contributed by atoms with Crippen LogP contribution in [0, 0.1) is 6.57 Å². The minimum Gasteiger partial charge on any atom is -0.370 e. The van der Waals surface area contributed by atoms with Gasteiger partial charge >= 0.3 is 0 Å². The van der Waals surface area contributed by atoms with Gasteiger partial charge < -0.3 is 4.90 Å². The first-order chi connectivity index (χ1) is 20.0. The summed E-state index contributed by atoms with van der Waals surface area (Å²) in [6.45, 7) is 10.9. The van der Waals surface area contributed by atoms with E-state index >= 15 is 0 Å². The lowest BCUT2D eigenvalue weighted by atomic mass is 9.97. The zero-order valence-corrected chi connectivity index (χ0v) is 24.1. The second-order valence-electron chi connectivity index (χ2n) is 9.56. The molecule has 1 N–H and O–H groups in total. The summed E-state index contributed by atoms with van der Waals surface area (Å²) in [5.74, 6) is -2.36. The Labute approximate surface area is 244 Å². The number of nitrogens with one attached hydrogen (secondary N) is 1. The molecule has 0 saturated carbocycles. The third-order valence-electron chi connectivity index (χ3n) is 6.52. The smallest absolute Gasteiger partial charge is 0.264 e. The number of anilines is 2. The Hall–Kier alpha value is -5.27. The quantitative estimate of drug-likeness (QED) is 0.232. The molecule has 10 heteroatoms. The van der Waals surface area contributed by atoms with Crippen LogP contribution in [0.25, 0.3) is 10.9 Å². The lowest BCUT2D eigenvalue weighted by Gasteiger charge is -2.27. The number of nitrogens with zero attached hydrogens (tertiary/aromatic N) is 3. The van der Waals surface area contributed by atoms with Crippen molar-refractivity contribution in [1.82, 2.24) is 4.72 Å². The molecule has 1 aliphatic heterocycles. The van der Waals surface area contributed by atoms with Crippen molar-refractivity contribution in [2.75, 3.05) is 16.8 Å². The number of carbonyl (C=O) groups is 3. The molecule has 0 radical (unpaired) electrons. The van der Waals surface area contributed by atoms with Crippen LogP contribution in [0.3, 0.4) is 0 Å². The molecule has 0 bridgehead atoms. The number of sulfonamides is 1. The van der Waals surface area contributed by atoms with Gasteiger partial charge in [-0.1, -0.05) is 66.8 Å². The fourth-order valence-electron chi connectivity index (χ4n) is 4.41. The van der Waals surface area contributed by atoms with Crippen molar-refractivity contribution in [3.8, 4) is 0 Å². The van der Waals surface area contributed by atoms with E-state index in [2.05, 4.69) is 21.9 Å². The van der Waals surface area contributed by atoms with Crippen molar-refractivity contribution in [2.24, 2.45) is 0 Å². The van der Waals surface area contributed by atoms with Crippen LogP contribution >= 0.6 is 0 Å². The van der Waals surface area contributed by atoms with Gasteiger partial charge in [-0.25, -0.2) is 18.0 Å².